The van der Waals surface area contributed by atoms with Gasteiger partial charge in [0.1, 0.15) is 0 Å². The molecule has 0 aliphatic heterocycles. The van der Waals surface area contributed by atoms with Crippen LogP contribution >= 0.6 is 43.2 Å². The van der Waals surface area contributed by atoms with E-state index in [0.29, 0.717) is 19.4 Å². The van der Waals surface area contributed by atoms with Gasteiger partial charge in [0, 0.05) is 20.7 Å². The summed E-state index contributed by atoms with van der Waals surface area (Å²) in [6.45, 7) is 2.22. The number of carbonyl (C=O) groups is 1. The maximum absolute atomic E-state index is 11.3. The lowest BCUT2D eigenvalue weighted by molar-refractivity contribution is -0.143. The molecule has 0 bridgehead atoms. The number of carbonyl (C=O) groups excluding carboxylic acids is 1. The molecule has 1 N–H and O–H groups in total. The summed E-state index contributed by atoms with van der Waals surface area (Å²) in [5, 5.41) is 6.01. The molecule has 0 saturated heterocycles. The zero-order chi connectivity index (χ0) is 15.2. The molecule has 7 heteroatoms. The Morgan fingerprint density at radius 1 is 1.43 bits per heavy atom. The molecule has 0 atom stereocenters. The Morgan fingerprint density at radius 2 is 2.24 bits per heavy atom. The van der Waals surface area contributed by atoms with Gasteiger partial charge in [-0.05, 0) is 41.1 Å². The second-order valence-electron chi connectivity index (χ2n) is 4.20. The summed E-state index contributed by atoms with van der Waals surface area (Å²) in [5.41, 5.74) is 1.83. The van der Waals surface area contributed by atoms with Gasteiger partial charge in [0.2, 0.25) is 0 Å². The molecule has 0 spiro atoms. The van der Waals surface area contributed by atoms with E-state index in [1.807, 2.05) is 23.6 Å². The molecular weight excluding hydrogens is 420 g/mol. The van der Waals surface area contributed by atoms with E-state index in [1.54, 1.807) is 6.92 Å². The number of aromatic nitrogens is 1. The Kier molecular flexibility index (Phi) is 6.20. The zero-order valence-corrected chi connectivity index (χ0v) is 15.3. The van der Waals surface area contributed by atoms with Crippen LogP contribution in [0.3, 0.4) is 0 Å². The standard InChI is InChI=1S/C14H14Br2N2O2S/c1-2-20-13(19)6-4-10-8-21-14(17-10)18-12-7-9(15)3-5-11(12)16/h3,5,7-8H,2,4,6H2,1H3,(H,17,18). The van der Waals surface area contributed by atoms with Crippen molar-refractivity contribution >= 4 is 60.0 Å². The molecule has 0 saturated carbocycles. The number of ether oxygens (including phenoxy) is 1. The van der Waals surface area contributed by atoms with Crippen LogP contribution in [0.1, 0.15) is 19.0 Å². The van der Waals surface area contributed by atoms with E-state index >= 15 is 0 Å². The van der Waals surface area contributed by atoms with Crippen LogP contribution in [-0.4, -0.2) is 17.6 Å². The molecule has 4 nitrogen and oxygen atoms in total. The number of nitrogens with one attached hydrogen (secondary N) is 1. The molecule has 2 aromatic rings. The summed E-state index contributed by atoms with van der Waals surface area (Å²) in [5.74, 6) is -0.185. The van der Waals surface area contributed by atoms with E-state index in [9.17, 15) is 4.79 Å². The van der Waals surface area contributed by atoms with Gasteiger partial charge in [0.15, 0.2) is 5.13 Å². The van der Waals surface area contributed by atoms with Gasteiger partial charge < -0.3 is 10.1 Å². The maximum atomic E-state index is 11.3. The van der Waals surface area contributed by atoms with Crippen molar-refractivity contribution in [2.45, 2.75) is 19.8 Å². The highest BCUT2D eigenvalue weighted by atomic mass is 79.9. The molecule has 0 amide bonds. The first-order chi connectivity index (χ1) is 10.1. The van der Waals surface area contributed by atoms with E-state index in [4.69, 9.17) is 4.74 Å². The lowest BCUT2D eigenvalue weighted by atomic mass is 10.2. The number of nitrogens with zero attached hydrogens (tertiary/aromatic N) is 1. The molecule has 21 heavy (non-hydrogen) atoms. The number of thiazole rings is 1. The maximum Gasteiger partial charge on any atom is 0.306 e. The van der Waals surface area contributed by atoms with Crippen LogP contribution in [0.15, 0.2) is 32.5 Å². The van der Waals surface area contributed by atoms with Crippen molar-refractivity contribution in [2.75, 3.05) is 11.9 Å². The van der Waals surface area contributed by atoms with E-state index in [0.717, 1.165) is 25.5 Å². The summed E-state index contributed by atoms with van der Waals surface area (Å²) < 4.78 is 6.86. The second-order valence-corrected chi connectivity index (χ2v) is 6.83. The number of hydrogen-bond acceptors (Lipinski definition) is 5. The summed E-state index contributed by atoms with van der Waals surface area (Å²) in [6.07, 6.45) is 0.953. The highest BCUT2D eigenvalue weighted by Gasteiger charge is 2.08. The topological polar surface area (TPSA) is 51.2 Å². The fourth-order valence-electron chi connectivity index (χ4n) is 1.65. The number of hydrogen-bond donors (Lipinski definition) is 1. The first kappa shape index (κ1) is 16.5. The quantitative estimate of drug-likeness (QED) is 0.657. The van der Waals surface area contributed by atoms with Gasteiger partial charge in [-0.15, -0.1) is 11.3 Å². The predicted molar refractivity (Wildman–Crippen MR) is 92.2 cm³/mol. The summed E-state index contributed by atoms with van der Waals surface area (Å²) in [4.78, 5) is 15.8. The van der Waals surface area contributed by atoms with Gasteiger partial charge in [-0.3, -0.25) is 4.79 Å². The predicted octanol–water partition coefficient (Wildman–Crippen LogP) is 4.91. The van der Waals surface area contributed by atoms with Crippen molar-refractivity contribution in [1.82, 2.24) is 4.98 Å². The Bertz CT molecular complexity index is 631. The van der Waals surface area contributed by atoms with E-state index < -0.39 is 0 Å². The number of rotatable bonds is 6. The number of aryl methyl sites for hydroxylation is 1. The monoisotopic (exact) mass is 432 g/mol. The first-order valence-corrected chi connectivity index (χ1v) is 8.87. The fraction of sp³-hybridized carbons (Fsp3) is 0.286. The molecule has 0 aliphatic carbocycles. The fourth-order valence-corrected chi connectivity index (χ4v) is 3.11. The van der Waals surface area contributed by atoms with Crippen LogP contribution in [0.5, 0.6) is 0 Å². The van der Waals surface area contributed by atoms with Crippen molar-refractivity contribution < 1.29 is 9.53 Å². The highest BCUT2D eigenvalue weighted by Crippen LogP contribution is 2.30. The van der Waals surface area contributed by atoms with Crippen molar-refractivity contribution in [1.29, 1.82) is 0 Å². The largest absolute Gasteiger partial charge is 0.466 e. The zero-order valence-electron chi connectivity index (χ0n) is 11.4. The minimum atomic E-state index is -0.185. The van der Waals surface area contributed by atoms with Crippen molar-refractivity contribution in [3.8, 4) is 0 Å². The molecule has 0 fully saturated rings. The van der Waals surface area contributed by atoms with Crippen molar-refractivity contribution in [3.05, 3.63) is 38.2 Å². The van der Waals surface area contributed by atoms with Crippen molar-refractivity contribution in [3.63, 3.8) is 0 Å². The Hall–Kier alpha value is -0.920. The van der Waals surface area contributed by atoms with E-state index in [2.05, 4.69) is 42.2 Å². The van der Waals surface area contributed by atoms with Gasteiger partial charge in [0.05, 0.1) is 24.4 Å². The second kappa shape index (κ2) is 7.91. The third-order valence-corrected chi connectivity index (χ3v) is 4.60. The van der Waals surface area contributed by atoms with Crippen LogP contribution in [0.4, 0.5) is 10.8 Å². The molecule has 0 unspecified atom stereocenters. The molecule has 112 valence electrons. The van der Waals surface area contributed by atoms with Crippen LogP contribution in [0.2, 0.25) is 0 Å². The van der Waals surface area contributed by atoms with E-state index in [-0.39, 0.29) is 5.97 Å². The van der Waals surface area contributed by atoms with Crippen LogP contribution < -0.4 is 5.32 Å². The number of anilines is 2. The van der Waals surface area contributed by atoms with E-state index in [1.165, 1.54) is 11.3 Å². The summed E-state index contributed by atoms with van der Waals surface area (Å²) >= 11 is 8.45. The van der Waals surface area contributed by atoms with Gasteiger partial charge in [-0.1, -0.05) is 15.9 Å². The molecule has 1 aromatic carbocycles. The van der Waals surface area contributed by atoms with Gasteiger partial charge >= 0.3 is 5.97 Å². The summed E-state index contributed by atoms with van der Waals surface area (Å²) in [6, 6.07) is 5.90. The smallest absolute Gasteiger partial charge is 0.306 e. The average Bonchev–Trinajstić information content (AvgIpc) is 2.89. The van der Waals surface area contributed by atoms with Crippen molar-refractivity contribution in [2.24, 2.45) is 0 Å². The summed E-state index contributed by atoms with van der Waals surface area (Å²) in [7, 11) is 0. The molecule has 2 rings (SSSR count). The lowest BCUT2D eigenvalue weighted by Crippen LogP contribution is -2.05. The molecule has 1 heterocycles. The number of esters is 1. The average molecular weight is 434 g/mol. The molecular formula is C14H14Br2N2O2S. The normalized spacial score (nSPS) is 10.4. The highest BCUT2D eigenvalue weighted by molar-refractivity contribution is 9.11. The van der Waals surface area contributed by atoms with Gasteiger partial charge in [-0.2, -0.15) is 0 Å². The SMILES string of the molecule is CCOC(=O)CCc1csc(Nc2cc(Br)ccc2Br)n1. The van der Waals surface area contributed by atoms with Crippen LogP contribution in [0.25, 0.3) is 0 Å². The number of halogens is 2. The number of benzene rings is 1. The minimum absolute atomic E-state index is 0.185. The lowest BCUT2D eigenvalue weighted by Gasteiger charge is -2.05. The Morgan fingerprint density at radius 3 is 3.00 bits per heavy atom. The van der Waals surface area contributed by atoms with Crippen LogP contribution in [-0.2, 0) is 16.0 Å². The third-order valence-electron chi connectivity index (χ3n) is 2.61. The minimum Gasteiger partial charge on any atom is -0.466 e. The Balaban J connectivity index is 1.97. The third kappa shape index (κ3) is 5.09. The molecule has 1 aromatic heterocycles. The van der Waals surface area contributed by atoms with Gasteiger partial charge in [-0.25, -0.2) is 4.98 Å². The van der Waals surface area contributed by atoms with Crippen LogP contribution in [0, 0.1) is 0 Å². The Labute approximate surface area is 144 Å². The molecule has 0 aliphatic rings. The first-order valence-electron chi connectivity index (χ1n) is 6.40. The molecule has 0 radical (unpaired) electrons. The van der Waals surface area contributed by atoms with Gasteiger partial charge in [0.25, 0.3) is 0 Å².